The first kappa shape index (κ1) is 19.7. The normalized spacial score (nSPS) is 23.0. The molecule has 2 atom stereocenters. The SMILES string of the molecule is CCN(CC)C(C#N)C1C(c2ccc(F)cc2)=CC(C)(C)CC1(C)C. The van der Waals surface area contributed by atoms with E-state index in [1.165, 1.54) is 17.7 Å². The van der Waals surface area contributed by atoms with Crippen LogP contribution in [0.5, 0.6) is 0 Å². The topological polar surface area (TPSA) is 27.0 Å². The van der Waals surface area contributed by atoms with E-state index in [9.17, 15) is 9.65 Å². The molecule has 2 nitrogen and oxygen atoms in total. The van der Waals surface area contributed by atoms with Crippen LogP contribution in [0.3, 0.4) is 0 Å². The summed E-state index contributed by atoms with van der Waals surface area (Å²) < 4.78 is 13.4. The summed E-state index contributed by atoms with van der Waals surface area (Å²) in [5.74, 6) is -0.133. The van der Waals surface area contributed by atoms with Gasteiger partial charge in [0, 0.05) is 5.92 Å². The van der Waals surface area contributed by atoms with E-state index >= 15 is 0 Å². The fourth-order valence-electron chi connectivity index (χ4n) is 4.75. The maximum atomic E-state index is 13.4. The minimum atomic E-state index is -0.226. The van der Waals surface area contributed by atoms with Crippen molar-refractivity contribution in [3.8, 4) is 6.07 Å². The lowest BCUT2D eigenvalue weighted by atomic mass is 9.57. The molecule has 2 rings (SSSR count). The number of rotatable bonds is 5. The van der Waals surface area contributed by atoms with Crippen LogP contribution in [0.15, 0.2) is 30.3 Å². The number of hydrogen-bond acceptors (Lipinski definition) is 2. The molecule has 1 aromatic rings. The smallest absolute Gasteiger partial charge is 0.123 e. The molecular weight excluding hydrogens is 311 g/mol. The highest BCUT2D eigenvalue weighted by Crippen LogP contribution is 2.53. The van der Waals surface area contributed by atoms with Crippen molar-refractivity contribution in [3.63, 3.8) is 0 Å². The van der Waals surface area contributed by atoms with Crippen LogP contribution in [0.2, 0.25) is 0 Å². The summed E-state index contributed by atoms with van der Waals surface area (Å²) >= 11 is 0. The second-order valence-electron chi connectivity index (χ2n) is 8.53. The third-order valence-electron chi connectivity index (χ3n) is 5.47. The first-order valence-electron chi connectivity index (χ1n) is 9.27. The van der Waals surface area contributed by atoms with Gasteiger partial charge in [-0.2, -0.15) is 5.26 Å². The Balaban J connectivity index is 2.62. The fraction of sp³-hybridized carbons (Fsp3) is 0.591. The van der Waals surface area contributed by atoms with Crippen LogP contribution < -0.4 is 0 Å². The predicted octanol–water partition coefficient (Wildman–Crippen LogP) is 5.52. The Bertz CT molecular complexity index is 660. The average Bonchev–Trinajstić information content (AvgIpc) is 2.52. The average molecular weight is 343 g/mol. The lowest BCUT2D eigenvalue weighted by molar-refractivity contribution is 0.0979. The van der Waals surface area contributed by atoms with Gasteiger partial charge in [-0.25, -0.2) is 4.39 Å². The van der Waals surface area contributed by atoms with Crippen LogP contribution in [0, 0.1) is 33.9 Å². The Hall–Kier alpha value is -1.66. The molecule has 0 amide bonds. The molecule has 1 aliphatic rings. The summed E-state index contributed by atoms with van der Waals surface area (Å²) in [5.41, 5.74) is 2.23. The van der Waals surface area contributed by atoms with E-state index in [0.29, 0.717) is 0 Å². The zero-order valence-corrected chi connectivity index (χ0v) is 16.4. The third kappa shape index (κ3) is 4.12. The van der Waals surface area contributed by atoms with Crippen LogP contribution in [-0.2, 0) is 0 Å². The number of hydrogen-bond donors (Lipinski definition) is 0. The van der Waals surface area contributed by atoms with E-state index in [-0.39, 0.29) is 28.6 Å². The number of allylic oxidation sites excluding steroid dienone is 1. The zero-order valence-electron chi connectivity index (χ0n) is 16.4. The van der Waals surface area contributed by atoms with E-state index in [4.69, 9.17) is 0 Å². The van der Waals surface area contributed by atoms with Crippen LogP contribution >= 0.6 is 0 Å². The van der Waals surface area contributed by atoms with Gasteiger partial charge in [-0.3, -0.25) is 4.90 Å². The molecule has 0 saturated heterocycles. The Morgan fingerprint density at radius 1 is 1.16 bits per heavy atom. The van der Waals surface area contributed by atoms with E-state index in [0.717, 1.165) is 25.1 Å². The lowest BCUT2D eigenvalue weighted by Crippen LogP contribution is -2.48. The molecule has 0 spiro atoms. The molecular formula is C22H31FN2. The Kier molecular flexibility index (Phi) is 5.74. The van der Waals surface area contributed by atoms with Crippen molar-refractivity contribution in [1.82, 2.24) is 4.90 Å². The number of nitrogens with zero attached hydrogens (tertiary/aromatic N) is 2. The molecule has 0 heterocycles. The standard InChI is InChI=1S/C22H31FN2/c1-7-25(8-2)19(14-24)20-18(16-9-11-17(23)12-10-16)13-21(3,4)15-22(20,5)6/h9-13,19-20H,7-8,15H2,1-6H3. The molecule has 0 bridgehead atoms. The van der Waals surface area contributed by atoms with Crippen molar-refractivity contribution in [2.24, 2.45) is 16.7 Å². The second-order valence-corrected chi connectivity index (χ2v) is 8.53. The van der Waals surface area contributed by atoms with Gasteiger partial charge in [-0.05, 0) is 53.6 Å². The zero-order chi connectivity index (χ0) is 18.8. The number of benzene rings is 1. The third-order valence-corrected chi connectivity index (χ3v) is 5.47. The van der Waals surface area contributed by atoms with Crippen molar-refractivity contribution < 1.29 is 4.39 Å². The molecule has 2 unspecified atom stereocenters. The first-order valence-corrected chi connectivity index (χ1v) is 9.27. The van der Waals surface area contributed by atoms with Crippen molar-refractivity contribution >= 4 is 5.57 Å². The molecule has 1 aromatic carbocycles. The van der Waals surface area contributed by atoms with Gasteiger partial charge in [-0.1, -0.05) is 59.8 Å². The quantitative estimate of drug-likeness (QED) is 0.705. The van der Waals surface area contributed by atoms with Crippen LogP contribution in [0.4, 0.5) is 4.39 Å². The molecule has 0 N–H and O–H groups in total. The molecule has 3 heteroatoms. The summed E-state index contributed by atoms with van der Waals surface area (Å²) in [6.07, 6.45) is 3.33. The summed E-state index contributed by atoms with van der Waals surface area (Å²) in [6, 6.07) is 9.12. The van der Waals surface area contributed by atoms with Gasteiger partial charge in [-0.15, -0.1) is 0 Å². The van der Waals surface area contributed by atoms with Crippen molar-refractivity contribution in [2.75, 3.05) is 13.1 Å². The maximum Gasteiger partial charge on any atom is 0.123 e. The molecule has 1 aliphatic carbocycles. The van der Waals surface area contributed by atoms with Crippen molar-refractivity contribution in [1.29, 1.82) is 5.26 Å². The van der Waals surface area contributed by atoms with Crippen molar-refractivity contribution in [2.45, 2.75) is 54.0 Å². The largest absolute Gasteiger partial charge is 0.288 e. The van der Waals surface area contributed by atoms with Gasteiger partial charge in [0.1, 0.15) is 11.9 Å². The van der Waals surface area contributed by atoms with Crippen LogP contribution in [0.25, 0.3) is 5.57 Å². The minimum absolute atomic E-state index is 0.0229. The Morgan fingerprint density at radius 2 is 1.72 bits per heavy atom. The fourth-order valence-corrected chi connectivity index (χ4v) is 4.75. The van der Waals surface area contributed by atoms with E-state index in [2.05, 4.69) is 58.6 Å². The molecule has 0 aromatic heterocycles. The molecule has 25 heavy (non-hydrogen) atoms. The summed E-state index contributed by atoms with van der Waals surface area (Å²) in [5, 5.41) is 10.0. The Morgan fingerprint density at radius 3 is 2.20 bits per heavy atom. The summed E-state index contributed by atoms with van der Waals surface area (Å²) in [7, 11) is 0. The number of halogens is 1. The summed E-state index contributed by atoms with van der Waals surface area (Å²) in [4.78, 5) is 2.24. The molecule has 136 valence electrons. The first-order chi connectivity index (χ1) is 11.6. The van der Waals surface area contributed by atoms with Crippen LogP contribution in [-0.4, -0.2) is 24.0 Å². The van der Waals surface area contributed by atoms with E-state index in [1.807, 2.05) is 12.1 Å². The molecule has 0 saturated carbocycles. The van der Waals surface area contributed by atoms with Crippen molar-refractivity contribution in [3.05, 3.63) is 41.7 Å². The van der Waals surface area contributed by atoms with Gasteiger partial charge in [0.2, 0.25) is 0 Å². The second kappa shape index (κ2) is 7.30. The van der Waals surface area contributed by atoms with E-state index in [1.54, 1.807) is 0 Å². The highest BCUT2D eigenvalue weighted by Gasteiger charge is 2.46. The van der Waals surface area contributed by atoms with Gasteiger partial charge >= 0.3 is 0 Å². The molecule has 0 fully saturated rings. The highest BCUT2D eigenvalue weighted by atomic mass is 19.1. The Labute approximate surface area is 152 Å². The number of nitriles is 1. The van der Waals surface area contributed by atoms with Gasteiger partial charge in [0.25, 0.3) is 0 Å². The maximum absolute atomic E-state index is 13.4. The monoisotopic (exact) mass is 342 g/mol. The van der Waals surface area contributed by atoms with E-state index < -0.39 is 0 Å². The predicted molar refractivity (Wildman–Crippen MR) is 102 cm³/mol. The van der Waals surface area contributed by atoms with Gasteiger partial charge in [0.15, 0.2) is 0 Å². The van der Waals surface area contributed by atoms with Crippen LogP contribution in [0.1, 0.15) is 53.5 Å². The van der Waals surface area contributed by atoms with Gasteiger partial charge < -0.3 is 0 Å². The molecule has 0 radical (unpaired) electrons. The highest BCUT2D eigenvalue weighted by molar-refractivity contribution is 5.71. The molecule has 0 aliphatic heterocycles. The lowest BCUT2D eigenvalue weighted by Gasteiger charge is -2.49. The van der Waals surface area contributed by atoms with Gasteiger partial charge in [0.05, 0.1) is 6.07 Å². The summed E-state index contributed by atoms with van der Waals surface area (Å²) in [6.45, 7) is 14.9. The minimum Gasteiger partial charge on any atom is -0.288 e.